The molecular weight excluding hydrogens is 784 g/mol. The van der Waals surface area contributed by atoms with E-state index in [0.29, 0.717) is 0 Å². The van der Waals surface area contributed by atoms with Gasteiger partial charge in [-0.25, -0.2) is 4.79 Å². The van der Waals surface area contributed by atoms with Gasteiger partial charge in [-0.3, -0.25) is 9.59 Å². The summed E-state index contributed by atoms with van der Waals surface area (Å²) in [5, 5.41) is 150. The fourth-order valence-electron chi connectivity index (χ4n) is 6.93. The van der Waals surface area contributed by atoms with E-state index in [1.54, 1.807) is 0 Å². The summed E-state index contributed by atoms with van der Waals surface area (Å²) in [6.07, 6.45) is -35.2. The lowest BCUT2D eigenvalue weighted by Gasteiger charge is -2.49. The minimum absolute atomic E-state index is 0.754. The molecule has 0 aliphatic carbocycles. The van der Waals surface area contributed by atoms with Crippen LogP contribution in [0.4, 0.5) is 0 Å². The maximum absolute atomic E-state index is 12.6. The second kappa shape index (κ2) is 19.8. The first kappa shape index (κ1) is 47.3. The molecule has 4 aliphatic rings. The summed E-state index contributed by atoms with van der Waals surface area (Å²) < 4.78 is 38.7. The van der Waals surface area contributed by atoms with Crippen LogP contribution in [0.3, 0.4) is 0 Å². The summed E-state index contributed by atoms with van der Waals surface area (Å²) in [5.41, 5.74) is 0. The summed E-state index contributed by atoms with van der Waals surface area (Å²) in [6.45, 7) is -1.83. The molecule has 2 amide bonds. The van der Waals surface area contributed by atoms with Crippen molar-refractivity contribution in [2.24, 2.45) is 0 Å². The van der Waals surface area contributed by atoms with Gasteiger partial charge in [-0.05, 0) is 0 Å². The third-order valence-corrected chi connectivity index (χ3v) is 9.98. The number of hydrogen-bond donors (Lipinski definition) is 16. The highest BCUT2D eigenvalue weighted by molar-refractivity contribution is 5.76. The van der Waals surface area contributed by atoms with E-state index in [2.05, 4.69) is 10.6 Å². The minimum Gasteiger partial charge on any atom is -0.477 e. The Balaban J connectivity index is 1.54. The van der Waals surface area contributed by atoms with Gasteiger partial charge in [0.1, 0.15) is 91.5 Å². The van der Waals surface area contributed by atoms with Gasteiger partial charge < -0.3 is 115 Å². The zero-order valence-electron chi connectivity index (χ0n) is 30.4. The molecule has 16 N–H and O–H groups in total. The van der Waals surface area contributed by atoms with Crippen molar-refractivity contribution in [3.8, 4) is 0 Å². The average Bonchev–Trinajstić information content (AvgIpc) is 3.16. The van der Waals surface area contributed by atoms with E-state index in [4.69, 9.17) is 33.2 Å². The lowest BCUT2D eigenvalue weighted by Crippen LogP contribution is -2.69. The molecule has 0 radical (unpaired) electrons. The Labute approximate surface area is 322 Å². The largest absolute Gasteiger partial charge is 0.477 e. The van der Waals surface area contributed by atoms with Gasteiger partial charge in [0.15, 0.2) is 18.9 Å². The zero-order chi connectivity index (χ0) is 42.7. The van der Waals surface area contributed by atoms with Crippen molar-refractivity contribution >= 4 is 17.8 Å². The zero-order valence-corrected chi connectivity index (χ0v) is 30.4. The van der Waals surface area contributed by atoms with Crippen LogP contribution in [-0.4, -0.2) is 244 Å². The number of hydrogen-bond acceptors (Lipinski definition) is 23. The molecule has 4 aliphatic heterocycles. The van der Waals surface area contributed by atoms with Crippen LogP contribution in [-0.2, 0) is 47.5 Å². The summed E-state index contributed by atoms with van der Waals surface area (Å²) in [6, 6.07) is -3.20. The third kappa shape index (κ3) is 10.3. The molecule has 57 heavy (non-hydrogen) atoms. The second-order valence-corrected chi connectivity index (χ2v) is 14.1. The number of ether oxygens (including phenoxy) is 7. The number of nitrogens with one attached hydrogen (secondary N) is 2. The predicted octanol–water partition coefficient (Wildman–Crippen LogP) is -10.3. The van der Waals surface area contributed by atoms with Crippen LogP contribution in [0.5, 0.6) is 0 Å². The number of amides is 2. The van der Waals surface area contributed by atoms with Crippen LogP contribution in [0.1, 0.15) is 20.3 Å². The van der Waals surface area contributed by atoms with Crippen molar-refractivity contribution in [2.75, 3.05) is 26.4 Å². The maximum atomic E-state index is 12.6. The average molecular weight is 837 g/mol. The molecule has 0 saturated carbocycles. The van der Waals surface area contributed by atoms with Crippen LogP contribution in [0, 0.1) is 0 Å². The number of carboxylic acid groups (broad SMARTS) is 1. The minimum atomic E-state index is -2.91. The highest BCUT2D eigenvalue weighted by Crippen LogP contribution is 2.36. The molecule has 0 bridgehead atoms. The van der Waals surface area contributed by atoms with Crippen LogP contribution in [0.25, 0.3) is 0 Å². The van der Waals surface area contributed by atoms with Gasteiger partial charge in [0.25, 0.3) is 5.79 Å². The fraction of sp³-hybridized carbons (Fsp3) is 0.903. The van der Waals surface area contributed by atoms with Gasteiger partial charge in [-0.15, -0.1) is 0 Å². The Hall–Kier alpha value is -2.39. The number of rotatable bonds is 15. The van der Waals surface area contributed by atoms with Crippen LogP contribution in [0.2, 0.25) is 0 Å². The quantitative estimate of drug-likeness (QED) is 0.0728. The Morgan fingerprint density at radius 3 is 1.82 bits per heavy atom. The monoisotopic (exact) mass is 836 g/mol. The first-order valence-electron chi connectivity index (χ1n) is 17.7. The topological polar surface area (TPSA) is 423 Å². The van der Waals surface area contributed by atoms with E-state index < -0.39 is 179 Å². The number of carbonyl (C=O) groups is 3. The van der Waals surface area contributed by atoms with Crippen LogP contribution in [0.15, 0.2) is 0 Å². The molecule has 4 rings (SSSR count). The molecule has 26 nitrogen and oxygen atoms in total. The number of aliphatic hydroxyl groups excluding tert-OH is 13. The van der Waals surface area contributed by atoms with E-state index in [0.717, 1.165) is 13.8 Å². The summed E-state index contributed by atoms with van der Waals surface area (Å²) in [5.74, 6) is -6.38. The summed E-state index contributed by atoms with van der Waals surface area (Å²) in [4.78, 5) is 36.6. The number of carbonyl (C=O) groups excluding carboxylic acids is 2. The molecule has 330 valence electrons. The molecule has 26 heteroatoms. The number of aliphatic carboxylic acids is 1. The van der Waals surface area contributed by atoms with Gasteiger partial charge in [0, 0.05) is 20.3 Å². The highest BCUT2D eigenvalue weighted by Gasteiger charge is 2.58. The van der Waals surface area contributed by atoms with E-state index in [9.17, 15) is 85.9 Å². The van der Waals surface area contributed by atoms with Crippen molar-refractivity contribution in [3.63, 3.8) is 0 Å². The van der Waals surface area contributed by atoms with Crippen molar-refractivity contribution in [1.82, 2.24) is 10.6 Å². The van der Waals surface area contributed by atoms with Crippen molar-refractivity contribution in [1.29, 1.82) is 0 Å². The van der Waals surface area contributed by atoms with Crippen molar-refractivity contribution in [3.05, 3.63) is 0 Å². The molecule has 0 aromatic heterocycles. The first-order valence-corrected chi connectivity index (χ1v) is 17.7. The van der Waals surface area contributed by atoms with Crippen LogP contribution < -0.4 is 10.6 Å². The van der Waals surface area contributed by atoms with Gasteiger partial charge in [-0.1, -0.05) is 0 Å². The predicted molar refractivity (Wildman–Crippen MR) is 174 cm³/mol. The molecule has 0 aromatic carbocycles. The highest BCUT2D eigenvalue weighted by atomic mass is 16.8. The summed E-state index contributed by atoms with van der Waals surface area (Å²) >= 11 is 0. The third-order valence-electron chi connectivity index (χ3n) is 9.98. The Bertz CT molecular complexity index is 1350. The first-order chi connectivity index (χ1) is 26.7. The van der Waals surface area contributed by atoms with E-state index in [1.807, 2.05) is 0 Å². The van der Waals surface area contributed by atoms with E-state index >= 15 is 0 Å². The van der Waals surface area contributed by atoms with E-state index in [1.165, 1.54) is 0 Å². The molecule has 4 heterocycles. The number of aliphatic hydroxyl groups is 13. The Morgan fingerprint density at radius 1 is 0.702 bits per heavy atom. The molecule has 0 aromatic rings. The Morgan fingerprint density at radius 2 is 1.26 bits per heavy atom. The SMILES string of the molecule is CC(=O)N[C@H]1[C@H](O[C@@H]2C(O)O[C@H](CO)[C@@H](O)[C@@H]2O)O[C@H](CO)[C@@H](O[C@@H]2O[C@H](CO[C@]3(C(=O)O)C[C@H](O)[C@@H](NC(C)=O)[C@H]([C@H](O)[C@H](O)CO)O3)[C@H](O)[C@H](O)[C@H]2O)[C@@H]1O. The van der Waals surface area contributed by atoms with Crippen molar-refractivity contribution < 1.29 is 119 Å². The smallest absolute Gasteiger partial charge is 0.364 e. The van der Waals surface area contributed by atoms with Gasteiger partial charge in [-0.2, -0.15) is 0 Å². The maximum Gasteiger partial charge on any atom is 0.364 e. The molecule has 0 spiro atoms. The van der Waals surface area contributed by atoms with Gasteiger partial charge in [0.05, 0.1) is 38.6 Å². The molecule has 4 saturated heterocycles. The van der Waals surface area contributed by atoms with Gasteiger partial charge >= 0.3 is 5.97 Å². The van der Waals surface area contributed by atoms with Crippen molar-refractivity contribution in [2.45, 2.75) is 149 Å². The fourth-order valence-corrected chi connectivity index (χ4v) is 6.93. The Kier molecular flexibility index (Phi) is 16.4. The molecule has 1 unspecified atom stereocenters. The van der Waals surface area contributed by atoms with E-state index in [-0.39, 0.29) is 0 Å². The summed E-state index contributed by atoms with van der Waals surface area (Å²) in [7, 11) is 0. The second-order valence-electron chi connectivity index (χ2n) is 14.1. The standard InChI is InChI=1S/C31H52N2O24/c1-8(37)32-15-10(39)3-31(30(49)50,57-25(15)17(41)11(40)4-34)51-7-14-19(43)21(45)23(47)29(54-14)55-24-13(6-36)53-28(16(20(24)44)33-9(2)38)56-26-22(46)18(42)12(5-35)52-27(26)48/h10-29,34-36,39-48H,3-7H2,1-2H3,(H,32,37)(H,33,38)(H,49,50)/t10-,11+,12+,13+,14+,15+,16+,17+,18+,19-,20+,21-,22-,23+,24+,25+,26-,27?,28-,29-,31+/m0/s1. The normalized spacial score (nSPS) is 45.1. The molecule has 21 atom stereocenters. The van der Waals surface area contributed by atoms with Gasteiger partial charge in [0.2, 0.25) is 11.8 Å². The molecule has 4 fully saturated rings. The van der Waals surface area contributed by atoms with Crippen LogP contribution >= 0.6 is 0 Å². The lowest BCUT2D eigenvalue weighted by molar-refractivity contribution is -0.373. The lowest BCUT2D eigenvalue weighted by atomic mass is 9.88. The molecular formula is C31H52N2O24. The number of carboxylic acids is 1.